The Labute approximate surface area is 149 Å². The number of rotatable bonds is 2. The van der Waals surface area contributed by atoms with Crippen molar-refractivity contribution in [2.75, 3.05) is 4.90 Å². The molecule has 0 saturated carbocycles. The van der Waals surface area contributed by atoms with Gasteiger partial charge >= 0.3 is 6.18 Å². The number of fused-ring (bicyclic) bond motifs is 1. The van der Waals surface area contributed by atoms with Crippen molar-refractivity contribution in [2.45, 2.75) is 25.1 Å². The van der Waals surface area contributed by atoms with Gasteiger partial charge < -0.3 is 4.90 Å². The Bertz CT molecular complexity index is 906. The molecule has 0 radical (unpaired) electrons. The Kier molecular flexibility index (Phi) is 4.15. The minimum atomic E-state index is -4.35. The average Bonchev–Trinajstić information content (AvgIpc) is 2.67. The van der Waals surface area contributed by atoms with E-state index < -0.39 is 11.7 Å². The number of hydrogen-bond donors (Lipinski definition) is 0. The monoisotopic (exact) mass is 354 g/mol. The fourth-order valence-corrected chi connectivity index (χ4v) is 3.56. The summed E-state index contributed by atoms with van der Waals surface area (Å²) in [6.45, 7) is 0. The van der Waals surface area contributed by atoms with Gasteiger partial charge in [-0.05, 0) is 54.3 Å². The van der Waals surface area contributed by atoms with Crippen LogP contribution in [0.25, 0.3) is 0 Å². The Hall–Kier alpha value is -2.82. The molecule has 2 heterocycles. The standard InChI is InChI=1S/C21H17F3N2/c22-21(23,24)17-8-5-7-16(14-17)19-12-11-15-6-1-2-9-18(15)26(19)20-10-3-4-13-25-20/h1-10,13-14,19H,11-12H2. The maximum Gasteiger partial charge on any atom is 0.416 e. The van der Waals surface area contributed by atoms with Crippen molar-refractivity contribution in [1.82, 2.24) is 4.98 Å². The van der Waals surface area contributed by atoms with Gasteiger partial charge in [-0.3, -0.25) is 0 Å². The molecule has 0 bridgehead atoms. The molecule has 1 aliphatic rings. The maximum absolute atomic E-state index is 13.2. The van der Waals surface area contributed by atoms with Gasteiger partial charge in [-0.2, -0.15) is 13.2 Å². The highest BCUT2D eigenvalue weighted by molar-refractivity contribution is 5.67. The highest BCUT2D eigenvalue weighted by Crippen LogP contribution is 2.43. The summed E-state index contributed by atoms with van der Waals surface area (Å²) in [7, 11) is 0. The molecule has 4 rings (SSSR count). The van der Waals surface area contributed by atoms with Gasteiger partial charge in [0.15, 0.2) is 0 Å². The van der Waals surface area contributed by atoms with Crippen LogP contribution < -0.4 is 4.90 Å². The van der Waals surface area contributed by atoms with Crippen LogP contribution in [0.5, 0.6) is 0 Å². The predicted molar refractivity (Wildman–Crippen MR) is 95.3 cm³/mol. The van der Waals surface area contributed by atoms with Gasteiger partial charge in [-0.25, -0.2) is 4.98 Å². The van der Waals surface area contributed by atoms with Crippen LogP contribution in [0.4, 0.5) is 24.7 Å². The first kappa shape index (κ1) is 16.6. The van der Waals surface area contributed by atoms with Crippen molar-refractivity contribution in [1.29, 1.82) is 0 Å². The number of halogens is 3. The number of hydrogen-bond acceptors (Lipinski definition) is 2. The lowest BCUT2D eigenvalue weighted by atomic mass is 9.90. The Balaban J connectivity index is 1.83. The molecule has 0 aliphatic carbocycles. The molecule has 1 aliphatic heterocycles. The van der Waals surface area contributed by atoms with Gasteiger partial charge in [0.25, 0.3) is 0 Å². The SMILES string of the molecule is FC(F)(F)c1cccc(C2CCc3ccccc3N2c2ccccn2)c1. The van der Waals surface area contributed by atoms with Gasteiger partial charge in [-0.1, -0.05) is 36.4 Å². The Morgan fingerprint density at radius 2 is 1.73 bits per heavy atom. The van der Waals surface area contributed by atoms with Crippen LogP contribution in [0.2, 0.25) is 0 Å². The van der Waals surface area contributed by atoms with Crippen molar-refractivity contribution in [3.8, 4) is 0 Å². The minimum absolute atomic E-state index is 0.193. The first-order chi connectivity index (χ1) is 12.5. The summed E-state index contributed by atoms with van der Waals surface area (Å²) < 4.78 is 39.5. The molecule has 2 nitrogen and oxygen atoms in total. The third-order valence-corrected chi connectivity index (χ3v) is 4.74. The summed E-state index contributed by atoms with van der Waals surface area (Å²) in [5.41, 5.74) is 2.22. The molecule has 1 atom stereocenters. The lowest BCUT2D eigenvalue weighted by Crippen LogP contribution is -2.29. The van der Waals surface area contributed by atoms with Crippen molar-refractivity contribution in [3.63, 3.8) is 0 Å². The van der Waals surface area contributed by atoms with E-state index in [1.54, 1.807) is 12.3 Å². The summed E-state index contributed by atoms with van der Waals surface area (Å²) >= 11 is 0. The van der Waals surface area contributed by atoms with Gasteiger partial charge in [0.2, 0.25) is 0 Å². The number of pyridine rings is 1. The highest BCUT2D eigenvalue weighted by atomic mass is 19.4. The van der Waals surface area contributed by atoms with Crippen LogP contribution in [0.1, 0.15) is 29.2 Å². The number of anilines is 2. The van der Waals surface area contributed by atoms with Gasteiger partial charge in [0, 0.05) is 11.9 Å². The molecule has 5 heteroatoms. The highest BCUT2D eigenvalue weighted by Gasteiger charge is 2.33. The van der Waals surface area contributed by atoms with Crippen molar-refractivity contribution in [3.05, 3.63) is 89.6 Å². The number of alkyl halides is 3. The van der Waals surface area contributed by atoms with E-state index in [1.165, 1.54) is 17.7 Å². The number of benzene rings is 2. The summed E-state index contributed by atoms with van der Waals surface area (Å²) in [6, 6.07) is 19.0. The fourth-order valence-electron chi connectivity index (χ4n) is 3.56. The van der Waals surface area contributed by atoms with E-state index in [9.17, 15) is 13.2 Å². The van der Waals surface area contributed by atoms with Crippen LogP contribution in [-0.2, 0) is 12.6 Å². The zero-order valence-electron chi connectivity index (χ0n) is 13.9. The molecule has 0 spiro atoms. The number of aryl methyl sites for hydroxylation is 1. The second-order valence-electron chi connectivity index (χ2n) is 6.36. The molecule has 0 N–H and O–H groups in total. The fraction of sp³-hybridized carbons (Fsp3) is 0.190. The molecule has 132 valence electrons. The molecule has 1 aromatic heterocycles. The largest absolute Gasteiger partial charge is 0.416 e. The zero-order valence-corrected chi connectivity index (χ0v) is 13.9. The smallest absolute Gasteiger partial charge is 0.319 e. The lowest BCUT2D eigenvalue weighted by molar-refractivity contribution is -0.137. The Morgan fingerprint density at radius 3 is 2.50 bits per heavy atom. The van der Waals surface area contributed by atoms with E-state index in [2.05, 4.69) is 11.1 Å². The second-order valence-corrected chi connectivity index (χ2v) is 6.36. The first-order valence-electron chi connectivity index (χ1n) is 8.49. The van der Waals surface area contributed by atoms with Crippen molar-refractivity contribution >= 4 is 11.5 Å². The van der Waals surface area contributed by atoms with Crippen molar-refractivity contribution in [2.24, 2.45) is 0 Å². The summed E-state index contributed by atoms with van der Waals surface area (Å²) in [4.78, 5) is 6.50. The average molecular weight is 354 g/mol. The maximum atomic E-state index is 13.2. The molecule has 0 saturated heterocycles. The van der Waals surface area contributed by atoms with E-state index in [0.717, 1.165) is 30.4 Å². The third kappa shape index (κ3) is 3.05. The molecular weight excluding hydrogens is 337 g/mol. The predicted octanol–water partition coefficient (Wildman–Crippen LogP) is 5.93. The van der Waals surface area contributed by atoms with E-state index >= 15 is 0 Å². The quantitative estimate of drug-likeness (QED) is 0.567. The molecular formula is C21H17F3N2. The minimum Gasteiger partial charge on any atom is -0.319 e. The number of para-hydroxylation sites is 1. The third-order valence-electron chi connectivity index (χ3n) is 4.74. The summed E-state index contributed by atoms with van der Waals surface area (Å²) in [5.74, 6) is 0.738. The normalized spacial score (nSPS) is 17.0. The number of aromatic nitrogens is 1. The van der Waals surface area contributed by atoms with E-state index in [1.807, 2.05) is 41.3 Å². The van der Waals surface area contributed by atoms with E-state index in [0.29, 0.717) is 5.56 Å². The van der Waals surface area contributed by atoms with Crippen LogP contribution in [0.15, 0.2) is 72.9 Å². The topological polar surface area (TPSA) is 16.1 Å². The van der Waals surface area contributed by atoms with E-state index in [-0.39, 0.29) is 6.04 Å². The van der Waals surface area contributed by atoms with Gasteiger partial charge in [-0.15, -0.1) is 0 Å². The zero-order chi connectivity index (χ0) is 18.1. The second kappa shape index (κ2) is 6.48. The summed E-state index contributed by atoms with van der Waals surface area (Å²) in [6.07, 6.45) is -1.09. The molecule has 2 aromatic carbocycles. The van der Waals surface area contributed by atoms with Crippen LogP contribution >= 0.6 is 0 Å². The Morgan fingerprint density at radius 1 is 0.923 bits per heavy atom. The molecule has 0 amide bonds. The number of nitrogens with zero attached hydrogens (tertiary/aromatic N) is 2. The molecule has 1 unspecified atom stereocenters. The van der Waals surface area contributed by atoms with Gasteiger partial charge in [0.1, 0.15) is 5.82 Å². The first-order valence-corrected chi connectivity index (χ1v) is 8.49. The molecule has 3 aromatic rings. The summed E-state index contributed by atoms with van der Waals surface area (Å²) in [5, 5.41) is 0. The molecule has 0 fully saturated rings. The van der Waals surface area contributed by atoms with Crippen LogP contribution in [-0.4, -0.2) is 4.98 Å². The van der Waals surface area contributed by atoms with Crippen molar-refractivity contribution < 1.29 is 13.2 Å². The lowest BCUT2D eigenvalue weighted by Gasteiger charge is -2.38. The molecule has 26 heavy (non-hydrogen) atoms. The van der Waals surface area contributed by atoms with Gasteiger partial charge in [0.05, 0.1) is 11.6 Å². The van der Waals surface area contributed by atoms with E-state index in [4.69, 9.17) is 0 Å². The van der Waals surface area contributed by atoms with Crippen LogP contribution in [0, 0.1) is 0 Å². The van der Waals surface area contributed by atoms with Crippen LogP contribution in [0.3, 0.4) is 0 Å².